The van der Waals surface area contributed by atoms with E-state index in [2.05, 4.69) is 34.6 Å². The van der Waals surface area contributed by atoms with Crippen molar-refractivity contribution in [3.63, 3.8) is 0 Å². The van der Waals surface area contributed by atoms with Gasteiger partial charge in [0.2, 0.25) is 0 Å². The lowest BCUT2D eigenvalue weighted by Crippen LogP contribution is -2.21. The van der Waals surface area contributed by atoms with E-state index in [1.807, 2.05) is 29.6 Å². The van der Waals surface area contributed by atoms with Crippen molar-refractivity contribution in [1.82, 2.24) is 15.5 Å². The quantitative estimate of drug-likeness (QED) is 0.739. The molecule has 0 aliphatic heterocycles. The van der Waals surface area contributed by atoms with Gasteiger partial charge >= 0.3 is 0 Å². The number of thiophene rings is 1. The van der Waals surface area contributed by atoms with E-state index in [1.54, 1.807) is 22.7 Å². The number of nitrogens with zero attached hydrogens (tertiary/aromatic N) is 2. The fourth-order valence-electron chi connectivity index (χ4n) is 2.09. The minimum absolute atomic E-state index is 0.0705. The van der Waals surface area contributed by atoms with Gasteiger partial charge in [0.05, 0.1) is 15.9 Å². The van der Waals surface area contributed by atoms with Crippen LogP contribution in [0, 0.1) is 0 Å². The number of nitrogens with one attached hydrogen (secondary N) is 1. The summed E-state index contributed by atoms with van der Waals surface area (Å²) in [6.07, 6.45) is 0. The van der Waals surface area contributed by atoms with E-state index in [9.17, 15) is 0 Å². The molecule has 108 valence electrons. The lowest BCUT2D eigenvalue weighted by atomic mass is 10.1. The number of rotatable bonds is 5. The zero-order valence-corrected chi connectivity index (χ0v) is 13.8. The van der Waals surface area contributed by atoms with Gasteiger partial charge in [0.1, 0.15) is 5.01 Å². The summed E-state index contributed by atoms with van der Waals surface area (Å²) in [4.78, 5) is 0.990. The molecular formula is C15H14ClN3S2. The molecule has 0 amide bonds. The van der Waals surface area contributed by atoms with Crippen LogP contribution in [-0.2, 0) is 0 Å². The van der Waals surface area contributed by atoms with Crippen molar-refractivity contribution in [2.75, 3.05) is 6.54 Å². The van der Waals surface area contributed by atoms with E-state index in [4.69, 9.17) is 11.6 Å². The van der Waals surface area contributed by atoms with E-state index in [0.717, 1.165) is 26.5 Å². The summed E-state index contributed by atoms with van der Waals surface area (Å²) in [5.41, 5.74) is 1.19. The third kappa shape index (κ3) is 3.16. The van der Waals surface area contributed by atoms with E-state index >= 15 is 0 Å². The summed E-state index contributed by atoms with van der Waals surface area (Å²) in [5.74, 6) is 0. The Morgan fingerprint density at radius 3 is 2.67 bits per heavy atom. The molecule has 3 aromatic rings. The Bertz CT molecular complexity index is 709. The molecule has 0 aliphatic carbocycles. The Balaban J connectivity index is 1.94. The number of hydrogen-bond donors (Lipinski definition) is 1. The summed E-state index contributed by atoms with van der Waals surface area (Å²) in [5, 5.41) is 16.7. The second kappa shape index (κ2) is 6.66. The van der Waals surface area contributed by atoms with Crippen molar-refractivity contribution < 1.29 is 0 Å². The Morgan fingerprint density at radius 1 is 1.19 bits per heavy atom. The van der Waals surface area contributed by atoms with Gasteiger partial charge in [-0.15, -0.1) is 21.5 Å². The summed E-state index contributed by atoms with van der Waals surface area (Å²) >= 11 is 9.36. The van der Waals surface area contributed by atoms with Crippen LogP contribution in [-0.4, -0.2) is 16.7 Å². The third-order valence-electron chi connectivity index (χ3n) is 3.04. The molecule has 1 N–H and O–H groups in total. The topological polar surface area (TPSA) is 37.8 Å². The van der Waals surface area contributed by atoms with Gasteiger partial charge in [0, 0.05) is 0 Å². The van der Waals surface area contributed by atoms with E-state index in [-0.39, 0.29) is 6.04 Å². The molecule has 3 rings (SSSR count). The zero-order valence-electron chi connectivity index (χ0n) is 11.4. The first-order chi connectivity index (χ1) is 10.3. The second-order valence-corrected chi connectivity index (χ2v) is 6.78. The summed E-state index contributed by atoms with van der Waals surface area (Å²) < 4.78 is 0. The highest BCUT2D eigenvalue weighted by molar-refractivity contribution is 7.21. The molecule has 0 saturated carbocycles. The van der Waals surface area contributed by atoms with E-state index in [0.29, 0.717) is 0 Å². The predicted octanol–water partition coefficient (Wildman–Crippen LogP) is 4.62. The minimum Gasteiger partial charge on any atom is -0.304 e. The van der Waals surface area contributed by atoms with Crippen LogP contribution in [0.25, 0.3) is 9.88 Å². The van der Waals surface area contributed by atoms with Crippen LogP contribution in [0.15, 0.2) is 41.8 Å². The molecule has 0 bridgehead atoms. The van der Waals surface area contributed by atoms with Gasteiger partial charge in [0.25, 0.3) is 0 Å². The van der Waals surface area contributed by atoms with Crippen LogP contribution in [0.3, 0.4) is 0 Å². The lowest BCUT2D eigenvalue weighted by Gasteiger charge is -2.14. The van der Waals surface area contributed by atoms with Crippen LogP contribution in [0.4, 0.5) is 0 Å². The normalized spacial score (nSPS) is 12.5. The molecule has 1 atom stereocenters. The Morgan fingerprint density at radius 2 is 2.00 bits per heavy atom. The lowest BCUT2D eigenvalue weighted by molar-refractivity contribution is 0.621. The maximum absolute atomic E-state index is 6.17. The first-order valence-electron chi connectivity index (χ1n) is 6.64. The van der Waals surface area contributed by atoms with E-state index < -0.39 is 0 Å². The first kappa shape index (κ1) is 14.7. The van der Waals surface area contributed by atoms with Crippen LogP contribution >= 0.6 is 34.3 Å². The largest absolute Gasteiger partial charge is 0.304 e. The molecule has 0 radical (unpaired) electrons. The minimum atomic E-state index is 0.0705. The molecule has 1 aromatic carbocycles. The zero-order chi connectivity index (χ0) is 14.7. The summed E-state index contributed by atoms with van der Waals surface area (Å²) in [6, 6.07) is 12.3. The fourth-order valence-corrected chi connectivity index (χ4v) is 4.34. The highest BCUT2D eigenvalue weighted by Gasteiger charge is 2.19. The first-order valence-corrected chi connectivity index (χ1v) is 8.72. The number of halogens is 1. The molecule has 21 heavy (non-hydrogen) atoms. The van der Waals surface area contributed by atoms with Crippen LogP contribution in [0.2, 0.25) is 5.02 Å². The van der Waals surface area contributed by atoms with Gasteiger partial charge in [0.15, 0.2) is 5.01 Å². The van der Waals surface area contributed by atoms with Gasteiger partial charge in [-0.3, -0.25) is 0 Å². The van der Waals surface area contributed by atoms with Gasteiger partial charge in [-0.05, 0) is 23.6 Å². The molecule has 0 aliphatic rings. The van der Waals surface area contributed by atoms with Crippen molar-refractivity contribution in [2.45, 2.75) is 13.0 Å². The molecule has 2 heterocycles. The Labute approximate surface area is 136 Å². The number of hydrogen-bond acceptors (Lipinski definition) is 5. The van der Waals surface area contributed by atoms with Crippen LogP contribution < -0.4 is 5.32 Å². The molecule has 0 spiro atoms. The van der Waals surface area contributed by atoms with E-state index in [1.165, 1.54) is 5.56 Å². The molecule has 6 heteroatoms. The standard InChI is InChI=1S/C15H14ClN3S2/c1-2-17-12(10-6-4-3-5-7-10)14-18-19-15(21-14)13-11(16)8-9-20-13/h3-9,12,17H,2H2,1H3. The predicted molar refractivity (Wildman–Crippen MR) is 90.2 cm³/mol. The maximum atomic E-state index is 6.17. The van der Waals surface area contributed by atoms with Crippen molar-refractivity contribution in [3.8, 4) is 9.88 Å². The number of benzene rings is 1. The highest BCUT2D eigenvalue weighted by atomic mass is 35.5. The summed E-state index contributed by atoms with van der Waals surface area (Å²) in [6.45, 7) is 2.96. The number of aromatic nitrogens is 2. The molecular weight excluding hydrogens is 322 g/mol. The van der Waals surface area contributed by atoms with Crippen molar-refractivity contribution in [2.24, 2.45) is 0 Å². The SMILES string of the molecule is CCNC(c1ccccc1)c1nnc(-c2sccc2Cl)s1. The molecule has 1 unspecified atom stereocenters. The maximum Gasteiger partial charge on any atom is 0.159 e. The monoisotopic (exact) mass is 335 g/mol. The van der Waals surface area contributed by atoms with Gasteiger partial charge in [-0.2, -0.15) is 0 Å². The molecule has 3 nitrogen and oxygen atoms in total. The fraction of sp³-hybridized carbons (Fsp3) is 0.200. The summed E-state index contributed by atoms with van der Waals surface area (Å²) in [7, 11) is 0. The highest BCUT2D eigenvalue weighted by Crippen LogP contribution is 2.37. The van der Waals surface area contributed by atoms with Crippen molar-refractivity contribution in [3.05, 3.63) is 57.4 Å². The molecule has 2 aromatic heterocycles. The third-order valence-corrected chi connectivity index (χ3v) is 5.52. The Kier molecular flexibility index (Phi) is 4.65. The van der Waals surface area contributed by atoms with Crippen molar-refractivity contribution in [1.29, 1.82) is 0 Å². The van der Waals surface area contributed by atoms with Crippen LogP contribution in [0.5, 0.6) is 0 Å². The average Bonchev–Trinajstić information content (AvgIpc) is 3.14. The average molecular weight is 336 g/mol. The molecule has 0 saturated heterocycles. The van der Waals surface area contributed by atoms with Crippen molar-refractivity contribution >= 4 is 34.3 Å². The smallest absolute Gasteiger partial charge is 0.159 e. The second-order valence-electron chi connectivity index (χ2n) is 4.44. The van der Waals surface area contributed by atoms with Gasteiger partial charge < -0.3 is 5.32 Å². The van der Waals surface area contributed by atoms with Crippen LogP contribution in [0.1, 0.15) is 23.5 Å². The van der Waals surface area contributed by atoms with Gasteiger partial charge in [-0.25, -0.2) is 0 Å². The molecule has 0 fully saturated rings. The van der Waals surface area contributed by atoms with Gasteiger partial charge in [-0.1, -0.05) is 60.2 Å². The Hall–Kier alpha value is -1.27.